The van der Waals surface area contributed by atoms with Gasteiger partial charge in [0.05, 0.1) is 5.02 Å². The zero-order valence-electron chi connectivity index (χ0n) is 12.4. The van der Waals surface area contributed by atoms with Crippen molar-refractivity contribution in [3.63, 3.8) is 0 Å². The number of nitrogens with one attached hydrogen (secondary N) is 1. The van der Waals surface area contributed by atoms with Crippen molar-refractivity contribution in [2.75, 3.05) is 26.2 Å². The number of phenols is 1. The van der Waals surface area contributed by atoms with Crippen LogP contribution < -0.4 is 5.32 Å². The second-order valence-electron chi connectivity index (χ2n) is 5.29. The maximum Gasteiger partial charge on any atom is 0.139 e. The van der Waals surface area contributed by atoms with E-state index in [1.54, 1.807) is 0 Å². The highest BCUT2D eigenvalue weighted by Crippen LogP contribution is 2.38. The summed E-state index contributed by atoms with van der Waals surface area (Å²) in [6, 6.07) is 2.41. The van der Waals surface area contributed by atoms with Crippen molar-refractivity contribution < 1.29 is 9.50 Å². The Balaban J connectivity index is 0.00000220. The number of hydrogen-bond acceptors (Lipinski definition) is 3. The Morgan fingerprint density at radius 1 is 1.41 bits per heavy atom. The van der Waals surface area contributed by atoms with Crippen molar-refractivity contribution >= 4 is 36.4 Å². The first-order valence-corrected chi connectivity index (χ1v) is 7.14. The van der Waals surface area contributed by atoms with E-state index in [2.05, 4.69) is 16.8 Å². The molecule has 1 fully saturated rings. The molecule has 0 aliphatic carbocycles. The molecule has 1 heterocycles. The molecule has 1 aliphatic rings. The van der Waals surface area contributed by atoms with Gasteiger partial charge in [0, 0.05) is 37.8 Å². The van der Waals surface area contributed by atoms with Crippen LogP contribution in [0.5, 0.6) is 5.75 Å². The number of piperazine rings is 1. The molecule has 2 N–H and O–H groups in total. The molecule has 0 spiro atoms. The average molecular weight is 372 g/mol. The van der Waals surface area contributed by atoms with Gasteiger partial charge in [-0.15, -0.1) is 31.4 Å². The molecule has 1 aliphatic heterocycles. The minimum absolute atomic E-state index is 0. The Morgan fingerprint density at radius 3 is 2.55 bits per heavy atom. The van der Waals surface area contributed by atoms with Crippen LogP contribution in [0.4, 0.5) is 4.39 Å². The molecule has 1 aromatic carbocycles. The highest BCUT2D eigenvalue weighted by Gasteiger charge is 2.26. The highest BCUT2D eigenvalue weighted by atomic mass is 35.5. The minimum Gasteiger partial charge on any atom is -0.506 e. The Bertz CT molecular complexity index is 508. The molecule has 1 atom stereocenters. The zero-order chi connectivity index (χ0) is 14.7. The Kier molecular flexibility index (Phi) is 9.35. The van der Waals surface area contributed by atoms with Crippen molar-refractivity contribution in [2.45, 2.75) is 19.4 Å². The van der Waals surface area contributed by atoms with E-state index in [9.17, 15) is 9.50 Å². The summed E-state index contributed by atoms with van der Waals surface area (Å²) >= 11 is 5.90. The molecule has 0 amide bonds. The largest absolute Gasteiger partial charge is 0.506 e. The summed E-state index contributed by atoms with van der Waals surface area (Å²) in [5.41, 5.74) is 1.54. The second-order valence-corrected chi connectivity index (χ2v) is 5.70. The van der Waals surface area contributed by atoms with Gasteiger partial charge in [0.25, 0.3) is 0 Å². The Hall–Kier alpha value is -0.520. The normalized spacial score (nSPS) is 16.3. The van der Waals surface area contributed by atoms with Gasteiger partial charge >= 0.3 is 0 Å². The number of halogens is 4. The predicted molar refractivity (Wildman–Crippen MR) is 94.2 cm³/mol. The third-order valence-electron chi connectivity index (χ3n) is 3.55. The van der Waals surface area contributed by atoms with E-state index in [1.165, 1.54) is 6.07 Å². The summed E-state index contributed by atoms with van der Waals surface area (Å²) in [4.78, 5) is 2.23. The molecule has 0 bridgehead atoms. The van der Waals surface area contributed by atoms with Crippen LogP contribution in [0.1, 0.15) is 24.9 Å². The van der Waals surface area contributed by atoms with Crippen molar-refractivity contribution in [3.8, 4) is 5.75 Å². The van der Waals surface area contributed by atoms with Crippen molar-refractivity contribution in [1.29, 1.82) is 0 Å². The number of hydrogen-bond donors (Lipinski definition) is 2. The van der Waals surface area contributed by atoms with E-state index < -0.39 is 5.82 Å². The number of benzene rings is 1. The van der Waals surface area contributed by atoms with Gasteiger partial charge in [-0.3, -0.25) is 4.90 Å². The van der Waals surface area contributed by atoms with Gasteiger partial charge in [0.15, 0.2) is 0 Å². The molecule has 3 nitrogen and oxygen atoms in total. The fourth-order valence-electron chi connectivity index (χ4n) is 2.60. The lowest BCUT2D eigenvalue weighted by atomic mass is 9.97. The highest BCUT2D eigenvalue weighted by molar-refractivity contribution is 6.32. The first-order valence-electron chi connectivity index (χ1n) is 6.76. The van der Waals surface area contributed by atoms with Crippen molar-refractivity contribution in [1.82, 2.24) is 10.2 Å². The first-order chi connectivity index (χ1) is 9.49. The van der Waals surface area contributed by atoms with Crippen molar-refractivity contribution in [2.24, 2.45) is 0 Å². The molecule has 7 heteroatoms. The van der Waals surface area contributed by atoms with E-state index in [1.807, 2.05) is 6.92 Å². The maximum atomic E-state index is 13.6. The summed E-state index contributed by atoms with van der Waals surface area (Å²) < 4.78 is 13.6. The fourth-order valence-corrected chi connectivity index (χ4v) is 2.81. The quantitative estimate of drug-likeness (QED) is 0.787. The van der Waals surface area contributed by atoms with Crippen LogP contribution in [0.3, 0.4) is 0 Å². The number of nitrogens with zero attached hydrogens (tertiary/aromatic N) is 1. The zero-order valence-corrected chi connectivity index (χ0v) is 14.8. The van der Waals surface area contributed by atoms with Crippen LogP contribution in [0.15, 0.2) is 24.3 Å². The first kappa shape index (κ1) is 21.5. The fraction of sp³-hybridized carbons (Fsp3) is 0.467. The smallest absolute Gasteiger partial charge is 0.139 e. The number of rotatable bonds is 4. The van der Waals surface area contributed by atoms with Crippen LogP contribution in [0.25, 0.3) is 0 Å². The van der Waals surface area contributed by atoms with Gasteiger partial charge in [0.2, 0.25) is 0 Å². The molecule has 1 saturated heterocycles. The van der Waals surface area contributed by atoms with Gasteiger partial charge in [-0.2, -0.15) is 0 Å². The molecule has 0 unspecified atom stereocenters. The molecule has 126 valence electrons. The van der Waals surface area contributed by atoms with Gasteiger partial charge in [0.1, 0.15) is 11.6 Å². The molecule has 0 aromatic heterocycles. The number of aromatic hydroxyl groups is 1. The maximum absolute atomic E-state index is 13.6. The third-order valence-corrected chi connectivity index (χ3v) is 3.84. The van der Waals surface area contributed by atoms with E-state index in [0.717, 1.165) is 37.8 Å². The molecule has 0 saturated carbocycles. The molecule has 0 radical (unpaired) electrons. The van der Waals surface area contributed by atoms with E-state index in [4.69, 9.17) is 11.6 Å². The van der Waals surface area contributed by atoms with Crippen LogP contribution >= 0.6 is 36.4 Å². The minimum atomic E-state index is -0.426. The van der Waals surface area contributed by atoms with Crippen molar-refractivity contribution in [3.05, 3.63) is 40.7 Å². The monoisotopic (exact) mass is 370 g/mol. The molecule has 22 heavy (non-hydrogen) atoms. The standard InChI is InChI=1S/C15H20ClFN2O.2ClH/c1-10(2)7-14(19-5-3-18-4-6-19)12-8-11(17)9-13(16)15(12)20;;/h8-9,14,18,20H,1,3-7H2,2H3;2*1H/t14-;;/m1../s1. The second kappa shape index (κ2) is 9.58. The van der Waals surface area contributed by atoms with E-state index >= 15 is 0 Å². The number of phenolic OH excluding ortho intramolecular Hbond substituents is 1. The predicted octanol–water partition coefficient (Wildman–Crippen LogP) is 3.94. The SMILES string of the molecule is C=C(C)C[C@H](c1cc(F)cc(Cl)c1O)N1CCNCC1.Cl.Cl. The van der Waals surface area contributed by atoms with E-state index in [0.29, 0.717) is 12.0 Å². The van der Waals surface area contributed by atoms with Crippen LogP contribution in [0, 0.1) is 5.82 Å². The van der Waals surface area contributed by atoms with Gasteiger partial charge in [-0.05, 0) is 25.5 Å². The lowest BCUT2D eigenvalue weighted by Crippen LogP contribution is -2.45. The Labute approximate surface area is 148 Å². The average Bonchev–Trinajstić information content (AvgIpc) is 2.41. The molecular weight excluding hydrogens is 350 g/mol. The summed E-state index contributed by atoms with van der Waals surface area (Å²) in [5, 5.41) is 13.5. The van der Waals surface area contributed by atoms with E-state index in [-0.39, 0.29) is 41.6 Å². The van der Waals surface area contributed by atoms with Crippen LogP contribution in [0.2, 0.25) is 5.02 Å². The third kappa shape index (κ3) is 5.28. The molecule has 2 rings (SSSR count). The van der Waals surface area contributed by atoms with Gasteiger partial charge in [-0.25, -0.2) is 4.39 Å². The molecular formula is C15H22Cl3FN2O. The summed E-state index contributed by atoms with van der Waals surface area (Å²) in [5.74, 6) is -0.456. The summed E-state index contributed by atoms with van der Waals surface area (Å²) in [6.45, 7) is 9.35. The lowest BCUT2D eigenvalue weighted by molar-refractivity contribution is 0.169. The van der Waals surface area contributed by atoms with Gasteiger partial charge < -0.3 is 10.4 Å². The lowest BCUT2D eigenvalue weighted by Gasteiger charge is -2.35. The summed E-state index contributed by atoms with van der Waals surface area (Å²) in [7, 11) is 0. The van der Waals surface area contributed by atoms with Crippen LogP contribution in [-0.2, 0) is 0 Å². The molecule has 1 aromatic rings. The van der Waals surface area contributed by atoms with Crippen LogP contribution in [-0.4, -0.2) is 36.2 Å². The van der Waals surface area contributed by atoms with Gasteiger partial charge in [-0.1, -0.05) is 17.2 Å². The Morgan fingerprint density at radius 2 is 2.00 bits per heavy atom. The summed E-state index contributed by atoms with van der Waals surface area (Å²) in [6.07, 6.45) is 0.674. The topological polar surface area (TPSA) is 35.5 Å².